The molecule has 0 aromatic heterocycles. The Bertz CT molecular complexity index is 484. The van der Waals surface area contributed by atoms with Gasteiger partial charge in [0.2, 0.25) is 0 Å². The molecule has 0 aliphatic carbocycles. The van der Waals surface area contributed by atoms with Crippen LogP contribution in [0.15, 0.2) is 42.5 Å². The van der Waals surface area contributed by atoms with Gasteiger partial charge in [0.25, 0.3) is 0 Å². The molecule has 0 saturated heterocycles. The number of nitrogen functional groups attached to an aromatic ring is 1. The Morgan fingerprint density at radius 3 is 2.25 bits per heavy atom. The third-order valence-electron chi connectivity index (χ3n) is 2.71. The summed E-state index contributed by atoms with van der Waals surface area (Å²) in [4.78, 5) is 0. The van der Waals surface area contributed by atoms with Crippen LogP contribution in [0.5, 0.6) is 0 Å². The van der Waals surface area contributed by atoms with Gasteiger partial charge in [0.15, 0.2) is 0 Å². The van der Waals surface area contributed by atoms with Crippen LogP contribution in [-0.2, 0) is 0 Å². The summed E-state index contributed by atoms with van der Waals surface area (Å²) in [5.41, 5.74) is 11.2. The van der Waals surface area contributed by atoms with E-state index in [9.17, 15) is 0 Å². The van der Waals surface area contributed by atoms with Gasteiger partial charge >= 0.3 is 0 Å². The highest BCUT2D eigenvalue weighted by atomic mass is 14.9. The Morgan fingerprint density at radius 2 is 1.56 bits per heavy atom. The van der Waals surface area contributed by atoms with Crippen molar-refractivity contribution in [2.45, 2.75) is 13.8 Å². The van der Waals surface area contributed by atoms with E-state index in [0.29, 0.717) is 0 Å². The Hall–Kier alpha value is -1.96. The lowest BCUT2D eigenvalue weighted by Gasteiger charge is -2.13. The summed E-state index contributed by atoms with van der Waals surface area (Å²) >= 11 is 0. The lowest BCUT2D eigenvalue weighted by atomic mass is 10.1. The minimum Gasteiger partial charge on any atom is -0.397 e. The summed E-state index contributed by atoms with van der Waals surface area (Å²) < 4.78 is 0. The third-order valence-corrected chi connectivity index (χ3v) is 2.71. The van der Waals surface area contributed by atoms with Crippen LogP contribution in [0.25, 0.3) is 0 Å². The summed E-state index contributed by atoms with van der Waals surface area (Å²) in [6.45, 7) is 4.13. The second-order valence-corrected chi connectivity index (χ2v) is 3.98. The highest BCUT2D eigenvalue weighted by Gasteiger charge is 2.03. The topological polar surface area (TPSA) is 38.0 Å². The number of hydrogen-bond donors (Lipinski definition) is 2. The van der Waals surface area contributed by atoms with Gasteiger partial charge in [0, 0.05) is 5.69 Å². The molecular weight excluding hydrogens is 196 g/mol. The molecule has 16 heavy (non-hydrogen) atoms. The zero-order valence-corrected chi connectivity index (χ0v) is 9.62. The number of aryl methyl sites for hydroxylation is 2. The molecule has 2 aromatic rings. The van der Waals surface area contributed by atoms with E-state index >= 15 is 0 Å². The average Bonchev–Trinajstić information content (AvgIpc) is 2.26. The molecule has 0 radical (unpaired) electrons. The Kier molecular flexibility index (Phi) is 2.82. The molecule has 0 aliphatic heterocycles. The number of nitrogens with two attached hydrogens (primary N) is 1. The second-order valence-electron chi connectivity index (χ2n) is 3.98. The van der Waals surface area contributed by atoms with Gasteiger partial charge in [-0.05, 0) is 37.1 Å². The molecule has 0 saturated carbocycles. The first-order valence-electron chi connectivity index (χ1n) is 5.36. The van der Waals surface area contributed by atoms with Crippen LogP contribution in [-0.4, -0.2) is 0 Å². The molecule has 82 valence electrons. The lowest BCUT2D eigenvalue weighted by molar-refractivity contribution is 1.39. The predicted octanol–water partition coefficient (Wildman–Crippen LogP) is 3.63. The molecule has 2 aromatic carbocycles. The standard InChI is InChI=1S/C14H16N2/c1-10-6-3-4-9-13(10)16-14-11(2)7-5-8-12(14)15/h3-9,16H,15H2,1-2H3. The quantitative estimate of drug-likeness (QED) is 0.746. The van der Waals surface area contributed by atoms with Gasteiger partial charge in [-0.3, -0.25) is 0 Å². The van der Waals surface area contributed by atoms with E-state index in [1.807, 2.05) is 24.3 Å². The van der Waals surface area contributed by atoms with Crippen LogP contribution >= 0.6 is 0 Å². The van der Waals surface area contributed by atoms with E-state index in [-0.39, 0.29) is 0 Å². The molecule has 0 aliphatic rings. The number of rotatable bonds is 2. The van der Waals surface area contributed by atoms with E-state index in [1.54, 1.807) is 0 Å². The summed E-state index contributed by atoms with van der Waals surface area (Å²) in [5.74, 6) is 0. The molecule has 0 bridgehead atoms. The zero-order valence-electron chi connectivity index (χ0n) is 9.62. The number of para-hydroxylation sites is 2. The fraction of sp³-hybridized carbons (Fsp3) is 0.143. The van der Waals surface area contributed by atoms with Crippen LogP contribution in [0, 0.1) is 13.8 Å². The smallest absolute Gasteiger partial charge is 0.0647 e. The van der Waals surface area contributed by atoms with E-state index < -0.39 is 0 Å². The minimum atomic E-state index is 0.781. The highest BCUT2D eigenvalue weighted by molar-refractivity contribution is 5.76. The van der Waals surface area contributed by atoms with Crippen LogP contribution in [0.1, 0.15) is 11.1 Å². The maximum absolute atomic E-state index is 5.96. The SMILES string of the molecule is Cc1ccccc1Nc1c(C)cccc1N. The van der Waals surface area contributed by atoms with Crippen molar-refractivity contribution in [3.63, 3.8) is 0 Å². The largest absolute Gasteiger partial charge is 0.397 e. The molecule has 0 amide bonds. The van der Waals surface area contributed by atoms with Crippen molar-refractivity contribution >= 4 is 17.1 Å². The molecule has 2 rings (SSSR count). The van der Waals surface area contributed by atoms with Crippen molar-refractivity contribution in [3.05, 3.63) is 53.6 Å². The molecule has 0 unspecified atom stereocenters. The third kappa shape index (κ3) is 2.01. The van der Waals surface area contributed by atoms with Gasteiger partial charge in [0.1, 0.15) is 0 Å². The van der Waals surface area contributed by atoms with Crippen molar-refractivity contribution in [1.29, 1.82) is 0 Å². The van der Waals surface area contributed by atoms with Gasteiger partial charge < -0.3 is 11.1 Å². The fourth-order valence-corrected chi connectivity index (χ4v) is 1.71. The van der Waals surface area contributed by atoms with Gasteiger partial charge in [-0.25, -0.2) is 0 Å². The highest BCUT2D eigenvalue weighted by Crippen LogP contribution is 2.27. The number of benzene rings is 2. The van der Waals surface area contributed by atoms with Gasteiger partial charge in [0.05, 0.1) is 11.4 Å². The van der Waals surface area contributed by atoms with Crippen molar-refractivity contribution < 1.29 is 0 Å². The lowest BCUT2D eigenvalue weighted by Crippen LogP contribution is -1.99. The van der Waals surface area contributed by atoms with Crippen LogP contribution in [0.3, 0.4) is 0 Å². The van der Waals surface area contributed by atoms with Crippen LogP contribution in [0.2, 0.25) is 0 Å². The zero-order chi connectivity index (χ0) is 11.5. The monoisotopic (exact) mass is 212 g/mol. The molecular formula is C14H16N2. The molecule has 2 heteroatoms. The van der Waals surface area contributed by atoms with Gasteiger partial charge in [-0.1, -0.05) is 30.3 Å². The Morgan fingerprint density at radius 1 is 0.875 bits per heavy atom. The summed E-state index contributed by atoms with van der Waals surface area (Å²) in [6.07, 6.45) is 0. The first-order chi connectivity index (χ1) is 7.68. The molecule has 0 spiro atoms. The molecule has 0 heterocycles. The molecule has 0 atom stereocenters. The molecule has 0 fully saturated rings. The predicted molar refractivity (Wildman–Crippen MR) is 70.1 cm³/mol. The van der Waals surface area contributed by atoms with Crippen molar-refractivity contribution in [2.75, 3.05) is 11.1 Å². The van der Waals surface area contributed by atoms with E-state index in [2.05, 4.69) is 37.4 Å². The van der Waals surface area contributed by atoms with E-state index in [4.69, 9.17) is 5.73 Å². The van der Waals surface area contributed by atoms with E-state index in [0.717, 1.165) is 22.6 Å². The Labute approximate surface area is 96.1 Å². The average molecular weight is 212 g/mol. The van der Waals surface area contributed by atoms with Crippen molar-refractivity contribution in [3.8, 4) is 0 Å². The van der Waals surface area contributed by atoms with Crippen LogP contribution in [0.4, 0.5) is 17.1 Å². The fourth-order valence-electron chi connectivity index (χ4n) is 1.71. The number of nitrogens with one attached hydrogen (secondary N) is 1. The van der Waals surface area contributed by atoms with E-state index in [1.165, 1.54) is 5.56 Å². The van der Waals surface area contributed by atoms with Crippen molar-refractivity contribution in [1.82, 2.24) is 0 Å². The normalized spacial score (nSPS) is 10.1. The summed E-state index contributed by atoms with van der Waals surface area (Å²) in [7, 11) is 0. The number of anilines is 3. The van der Waals surface area contributed by atoms with Gasteiger partial charge in [-0.2, -0.15) is 0 Å². The second kappa shape index (κ2) is 4.27. The first-order valence-corrected chi connectivity index (χ1v) is 5.36. The van der Waals surface area contributed by atoms with Gasteiger partial charge in [-0.15, -0.1) is 0 Å². The maximum Gasteiger partial charge on any atom is 0.0647 e. The minimum absolute atomic E-state index is 0.781. The first kappa shape index (κ1) is 10.6. The Balaban J connectivity index is 2.38. The maximum atomic E-state index is 5.96. The molecule has 3 N–H and O–H groups in total. The molecule has 2 nitrogen and oxygen atoms in total. The number of hydrogen-bond acceptors (Lipinski definition) is 2. The van der Waals surface area contributed by atoms with Crippen LogP contribution < -0.4 is 11.1 Å². The van der Waals surface area contributed by atoms with Crippen molar-refractivity contribution in [2.24, 2.45) is 0 Å². The summed E-state index contributed by atoms with van der Waals surface area (Å²) in [5, 5.41) is 3.38. The summed E-state index contributed by atoms with van der Waals surface area (Å²) in [6, 6.07) is 14.1.